The van der Waals surface area contributed by atoms with Crippen molar-refractivity contribution in [1.82, 2.24) is 9.80 Å². The first-order valence-corrected chi connectivity index (χ1v) is 11.9. The second kappa shape index (κ2) is 11.4. The molecular weight excluding hydrogens is 496 g/mol. The number of benzene rings is 3. The summed E-state index contributed by atoms with van der Waals surface area (Å²) in [5.74, 6) is -0.525. The molecular formula is C27H25ClF4N2O2. The Morgan fingerprint density at radius 2 is 1.50 bits per heavy atom. The van der Waals surface area contributed by atoms with Crippen LogP contribution in [0.4, 0.5) is 17.6 Å². The summed E-state index contributed by atoms with van der Waals surface area (Å²) in [5, 5.41) is 0.591. The second-order valence-corrected chi connectivity index (χ2v) is 9.08. The van der Waals surface area contributed by atoms with E-state index in [0.717, 1.165) is 17.7 Å². The number of hydrogen-bond donors (Lipinski definition) is 0. The Kier molecular flexibility index (Phi) is 8.28. The maximum Gasteiger partial charge on any atom is 0.416 e. The molecule has 0 aliphatic carbocycles. The lowest BCUT2D eigenvalue weighted by atomic mass is 10.1. The van der Waals surface area contributed by atoms with Crippen LogP contribution in [0.5, 0.6) is 0 Å². The van der Waals surface area contributed by atoms with Gasteiger partial charge in [-0.2, -0.15) is 13.2 Å². The van der Waals surface area contributed by atoms with E-state index in [1.165, 1.54) is 36.4 Å². The van der Waals surface area contributed by atoms with Crippen LogP contribution in [0.3, 0.4) is 0 Å². The second-order valence-electron chi connectivity index (χ2n) is 8.65. The Hall–Kier alpha value is -2.94. The molecule has 1 aliphatic rings. The lowest BCUT2D eigenvalue weighted by Crippen LogP contribution is -2.49. The molecule has 4 nitrogen and oxygen atoms in total. The predicted octanol–water partition coefficient (Wildman–Crippen LogP) is 6.21. The fourth-order valence-electron chi connectivity index (χ4n) is 4.06. The first-order valence-electron chi connectivity index (χ1n) is 11.5. The summed E-state index contributed by atoms with van der Waals surface area (Å²) < 4.78 is 57.9. The highest BCUT2D eigenvalue weighted by atomic mass is 35.5. The maximum absolute atomic E-state index is 13.2. The van der Waals surface area contributed by atoms with Crippen molar-refractivity contribution in [2.45, 2.75) is 18.9 Å². The summed E-state index contributed by atoms with van der Waals surface area (Å²) >= 11 is 6.04. The van der Waals surface area contributed by atoms with Gasteiger partial charge in [-0.25, -0.2) is 4.39 Å². The number of carbonyl (C=O) groups excluding carboxylic acids is 1. The third-order valence-corrected chi connectivity index (χ3v) is 6.40. The van der Waals surface area contributed by atoms with Crippen LogP contribution >= 0.6 is 11.6 Å². The van der Waals surface area contributed by atoms with Gasteiger partial charge >= 0.3 is 6.18 Å². The number of hydrogen-bond acceptors (Lipinski definition) is 3. The highest BCUT2D eigenvalue weighted by molar-refractivity contribution is 6.30. The van der Waals surface area contributed by atoms with E-state index in [0.29, 0.717) is 48.9 Å². The Labute approximate surface area is 212 Å². The van der Waals surface area contributed by atoms with Gasteiger partial charge in [-0.1, -0.05) is 35.9 Å². The first kappa shape index (κ1) is 26.1. The Morgan fingerprint density at radius 3 is 2.08 bits per heavy atom. The molecule has 1 fully saturated rings. The Bertz CT molecular complexity index is 1140. The van der Waals surface area contributed by atoms with Gasteiger partial charge in [0.2, 0.25) is 0 Å². The molecule has 190 valence electrons. The van der Waals surface area contributed by atoms with Gasteiger partial charge in [-0.15, -0.1) is 0 Å². The predicted molar refractivity (Wildman–Crippen MR) is 129 cm³/mol. The number of piperazine rings is 1. The topological polar surface area (TPSA) is 32.8 Å². The third kappa shape index (κ3) is 6.84. The van der Waals surface area contributed by atoms with Crippen molar-refractivity contribution in [1.29, 1.82) is 0 Å². The summed E-state index contributed by atoms with van der Waals surface area (Å²) in [7, 11) is 0. The van der Waals surface area contributed by atoms with Crippen molar-refractivity contribution >= 4 is 17.5 Å². The van der Waals surface area contributed by atoms with Gasteiger partial charge < -0.3 is 9.64 Å². The molecule has 1 heterocycles. The van der Waals surface area contributed by atoms with Crippen molar-refractivity contribution in [3.8, 4) is 0 Å². The fourth-order valence-corrected chi connectivity index (χ4v) is 4.19. The van der Waals surface area contributed by atoms with E-state index in [4.69, 9.17) is 16.3 Å². The average molecular weight is 521 g/mol. The molecule has 3 aromatic rings. The Balaban J connectivity index is 1.38. The number of nitrogens with zero attached hydrogens (tertiary/aromatic N) is 2. The number of rotatable bonds is 7. The maximum atomic E-state index is 13.2. The molecule has 1 aliphatic heterocycles. The molecule has 0 bridgehead atoms. The monoisotopic (exact) mass is 520 g/mol. The normalized spacial score (nSPS) is 15.6. The molecule has 0 saturated carbocycles. The van der Waals surface area contributed by atoms with Crippen LogP contribution in [-0.2, 0) is 17.5 Å². The molecule has 1 saturated heterocycles. The zero-order chi connectivity index (χ0) is 25.7. The van der Waals surface area contributed by atoms with Gasteiger partial charge in [0, 0.05) is 43.3 Å². The van der Waals surface area contributed by atoms with Gasteiger partial charge in [0.15, 0.2) is 0 Å². The van der Waals surface area contributed by atoms with E-state index in [9.17, 15) is 22.4 Å². The van der Waals surface area contributed by atoms with Crippen LogP contribution in [0.15, 0.2) is 72.8 Å². The minimum atomic E-state index is -4.38. The molecule has 4 rings (SSSR count). The molecule has 0 N–H and O–H groups in total. The molecule has 3 aromatic carbocycles. The van der Waals surface area contributed by atoms with Crippen LogP contribution in [0.2, 0.25) is 5.02 Å². The van der Waals surface area contributed by atoms with Crippen molar-refractivity contribution < 1.29 is 27.1 Å². The quantitative estimate of drug-likeness (QED) is 0.347. The van der Waals surface area contributed by atoms with Gasteiger partial charge in [0.25, 0.3) is 5.91 Å². The van der Waals surface area contributed by atoms with Crippen LogP contribution in [0.1, 0.15) is 33.2 Å². The molecule has 1 amide bonds. The van der Waals surface area contributed by atoms with Crippen molar-refractivity contribution in [3.05, 3.63) is 106 Å². The van der Waals surface area contributed by atoms with Crippen LogP contribution < -0.4 is 0 Å². The number of halogens is 5. The van der Waals surface area contributed by atoms with E-state index in [2.05, 4.69) is 4.90 Å². The molecule has 1 unspecified atom stereocenters. The molecule has 0 aromatic heterocycles. The summed E-state index contributed by atoms with van der Waals surface area (Å²) in [5.41, 5.74) is 1.28. The third-order valence-electron chi connectivity index (χ3n) is 6.15. The minimum Gasteiger partial charge on any atom is -0.368 e. The smallest absolute Gasteiger partial charge is 0.368 e. The average Bonchev–Trinajstić information content (AvgIpc) is 2.87. The highest BCUT2D eigenvalue weighted by Gasteiger charge is 2.30. The number of ether oxygens (including phenoxy) is 1. The number of alkyl halides is 3. The zero-order valence-electron chi connectivity index (χ0n) is 19.3. The van der Waals surface area contributed by atoms with Crippen LogP contribution in [-0.4, -0.2) is 48.4 Å². The van der Waals surface area contributed by atoms with Crippen LogP contribution in [0.25, 0.3) is 0 Å². The van der Waals surface area contributed by atoms with Gasteiger partial charge in [-0.05, 0) is 59.7 Å². The van der Waals surface area contributed by atoms with E-state index in [1.54, 1.807) is 17.0 Å². The lowest BCUT2D eigenvalue weighted by molar-refractivity contribution is -0.137. The summed E-state index contributed by atoms with van der Waals surface area (Å²) in [6, 6.07) is 17.7. The molecule has 9 heteroatoms. The van der Waals surface area contributed by atoms with E-state index in [1.807, 2.05) is 12.1 Å². The van der Waals surface area contributed by atoms with Crippen molar-refractivity contribution in [2.75, 3.05) is 32.7 Å². The Morgan fingerprint density at radius 1 is 0.889 bits per heavy atom. The van der Waals surface area contributed by atoms with Gasteiger partial charge in [0.05, 0.1) is 18.3 Å². The first-order chi connectivity index (χ1) is 17.2. The summed E-state index contributed by atoms with van der Waals surface area (Å²) in [4.78, 5) is 16.6. The molecule has 0 spiro atoms. The SMILES string of the molecule is O=C(c1ccc(F)cc1)N1CCN(CC(OCc2ccc(C(F)(F)F)cc2)c2ccc(Cl)cc2)CC1. The number of amides is 1. The van der Waals surface area contributed by atoms with E-state index >= 15 is 0 Å². The lowest BCUT2D eigenvalue weighted by Gasteiger charge is -2.36. The van der Waals surface area contributed by atoms with Gasteiger partial charge in [-0.3, -0.25) is 9.69 Å². The summed E-state index contributed by atoms with van der Waals surface area (Å²) in [6.45, 7) is 2.97. The number of carbonyl (C=O) groups is 1. The summed E-state index contributed by atoms with van der Waals surface area (Å²) in [6.07, 6.45) is -4.73. The van der Waals surface area contributed by atoms with Crippen molar-refractivity contribution in [2.24, 2.45) is 0 Å². The molecule has 0 radical (unpaired) electrons. The van der Waals surface area contributed by atoms with Crippen molar-refractivity contribution in [3.63, 3.8) is 0 Å². The molecule has 1 atom stereocenters. The van der Waals surface area contributed by atoms with Crippen LogP contribution in [0, 0.1) is 5.82 Å². The standard InChI is InChI=1S/C27H25ClF4N2O2/c28-23-9-3-20(4-10-23)25(36-18-19-1-7-22(8-2-19)27(30,31)32)17-33-13-15-34(16-14-33)26(35)21-5-11-24(29)12-6-21/h1-12,25H,13-18H2. The largest absolute Gasteiger partial charge is 0.416 e. The molecule has 36 heavy (non-hydrogen) atoms. The van der Waals surface area contributed by atoms with E-state index in [-0.39, 0.29) is 24.4 Å². The minimum absolute atomic E-state index is 0.137. The zero-order valence-corrected chi connectivity index (χ0v) is 20.1. The van der Waals surface area contributed by atoms with Gasteiger partial charge in [0.1, 0.15) is 5.82 Å². The highest BCUT2D eigenvalue weighted by Crippen LogP contribution is 2.30. The fraction of sp³-hybridized carbons (Fsp3) is 0.296. The van der Waals surface area contributed by atoms with E-state index < -0.39 is 11.7 Å².